The lowest BCUT2D eigenvalue weighted by molar-refractivity contribution is -0.140. The maximum atomic E-state index is 12.9. The molecule has 1 aromatic carbocycles. The van der Waals surface area contributed by atoms with Gasteiger partial charge in [0.2, 0.25) is 0 Å². The fraction of sp³-hybridized carbons (Fsp3) is 0.375. The summed E-state index contributed by atoms with van der Waals surface area (Å²) in [6.07, 6.45) is -1.49. The van der Waals surface area contributed by atoms with Gasteiger partial charge in [-0.25, -0.2) is 0 Å². The molecule has 24 heavy (non-hydrogen) atoms. The normalized spacial score (nSPS) is 12.7. The van der Waals surface area contributed by atoms with Gasteiger partial charge in [-0.15, -0.1) is 0 Å². The fourth-order valence-corrected chi connectivity index (χ4v) is 2.12. The zero-order chi connectivity index (χ0) is 17.7. The number of nitrogens with one attached hydrogen (secondary N) is 1. The van der Waals surface area contributed by atoms with Crippen LogP contribution in [0.5, 0.6) is 5.75 Å². The quantitative estimate of drug-likeness (QED) is 0.879. The van der Waals surface area contributed by atoms with Crippen LogP contribution in [0.1, 0.15) is 18.1 Å². The number of benzene rings is 1. The van der Waals surface area contributed by atoms with Gasteiger partial charge in [-0.2, -0.15) is 18.3 Å². The average Bonchev–Trinajstić information content (AvgIpc) is 2.92. The number of hydrogen-bond donors (Lipinski definition) is 1. The first kappa shape index (κ1) is 17.8. The first-order valence-corrected chi connectivity index (χ1v) is 7.35. The summed E-state index contributed by atoms with van der Waals surface area (Å²) in [6.45, 7) is 1.76. The number of carbonyl (C=O) groups excluding carboxylic acids is 1. The zero-order valence-corrected chi connectivity index (χ0v) is 13.3. The van der Waals surface area contributed by atoms with Crippen molar-refractivity contribution in [1.82, 2.24) is 15.1 Å². The Balaban J connectivity index is 1.90. The Bertz CT molecular complexity index is 698. The summed E-state index contributed by atoms with van der Waals surface area (Å²) in [5.74, 6) is -0.837. The Morgan fingerprint density at radius 3 is 2.71 bits per heavy atom. The van der Waals surface area contributed by atoms with Gasteiger partial charge < -0.3 is 10.1 Å². The summed E-state index contributed by atoms with van der Waals surface area (Å²) in [4.78, 5) is 12.0. The Hall–Kier alpha value is -2.51. The molecule has 0 aliphatic carbocycles. The topological polar surface area (TPSA) is 56.1 Å². The van der Waals surface area contributed by atoms with E-state index in [4.69, 9.17) is 4.74 Å². The Kier molecular flexibility index (Phi) is 5.48. The van der Waals surface area contributed by atoms with Gasteiger partial charge in [0, 0.05) is 19.8 Å². The third kappa shape index (κ3) is 4.74. The van der Waals surface area contributed by atoms with Gasteiger partial charge in [-0.3, -0.25) is 9.48 Å². The number of ether oxygens (including phenoxy) is 1. The van der Waals surface area contributed by atoms with E-state index in [-0.39, 0.29) is 5.75 Å². The predicted molar refractivity (Wildman–Crippen MR) is 81.5 cm³/mol. The molecule has 0 saturated heterocycles. The summed E-state index contributed by atoms with van der Waals surface area (Å²) in [5.41, 5.74) is 0.0498. The summed E-state index contributed by atoms with van der Waals surface area (Å²) < 4.78 is 45.6. The van der Waals surface area contributed by atoms with E-state index < -0.39 is 23.8 Å². The number of amides is 1. The number of alkyl halides is 3. The molecule has 130 valence electrons. The number of para-hydroxylation sites is 1. The van der Waals surface area contributed by atoms with E-state index in [2.05, 4.69) is 10.4 Å². The Labute approximate surface area is 137 Å². The van der Waals surface area contributed by atoms with Gasteiger partial charge in [-0.05, 0) is 31.0 Å². The second-order valence-electron chi connectivity index (χ2n) is 5.32. The van der Waals surface area contributed by atoms with E-state index in [0.29, 0.717) is 13.0 Å². The Morgan fingerprint density at radius 1 is 1.38 bits per heavy atom. The fourth-order valence-electron chi connectivity index (χ4n) is 2.12. The molecule has 5 nitrogen and oxygen atoms in total. The van der Waals surface area contributed by atoms with E-state index in [1.54, 1.807) is 17.9 Å². The van der Waals surface area contributed by atoms with Crippen molar-refractivity contribution in [2.24, 2.45) is 7.05 Å². The van der Waals surface area contributed by atoms with Crippen molar-refractivity contribution in [2.45, 2.75) is 25.6 Å². The van der Waals surface area contributed by atoms with Gasteiger partial charge in [-0.1, -0.05) is 12.1 Å². The molecule has 8 heteroatoms. The van der Waals surface area contributed by atoms with E-state index in [0.717, 1.165) is 11.6 Å². The van der Waals surface area contributed by atoms with Crippen molar-refractivity contribution in [3.63, 3.8) is 0 Å². The van der Waals surface area contributed by atoms with Crippen LogP contribution in [0.2, 0.25) is 0 Å². The molecule has 1 atom stereocenters. The van der Waals surface area contributed by atoms with E-state index in [1.165, 1.54) is 25.1 Å². The third-order valence-electron chi connectivity index (χ3n) is 3.34. The van der Waals surface area contributed by atoms with Gasteiger partial charge >= 0.3 is 6.18 Å². The van der Waals surface area contributed by atoms with Crippen LogP contribution in [0.25, 0.3) is 0 Å². The maximum Gasteiger partial charge on any atom is 0.419 e. The number of hydrogen-bond acceptors (Lipinski definition) is 3. The van der Waals surface area contributed by atoms with Crippen molar-refractivity contribution in [3.05, 3.63) is 47.8 Å². The standard InChI is InChI=1S/C16H18F3N3O2/c1-11(15(23)20-8-7-12-9-21-22(2)10-12)24-14-6-4-3-5-13(14)16(17,18)19/h3-6,9-11H,7-8H2,1-2H3,(H,20,23)/t11-/m1/s1. The largest absolute Gasteiger partial charge is 0.480 e. The summed E-state index contributed by atoms with van der Waals surface area (Å²) in [5, 5.41) is 6.65. The average molecular weight is 341 g/mol. The molecule has 0 radical (unpaired) electrons. The highest BCUT2D eigenvalue weighted by Crippen LogP contribution is 2.36. The molecule has 0 saturated carbocycles. The van der Waals surface area contributed by atoms with E-state index in [9.17, 15) is 18.0 Å². The van der Waals surface area contributed by atoms with Crippen molar-refractivity contribution >= 4 is 5.91 Å². The van der Waals surface area contributed by atoms with E-state index in [1.807, 2.05) is 6.20 Å². The number of halogens is 3. The van der Waals surface area contributed by atoms with Crippen LogP contribution < -0.4 is 10.1 Å². The molecule has 0 spiro atoms. The van der Waals surface area contributed by atoms with Crippen LogP contribution in [0.15, 0.2) is 36.7 Å². The number of aromatic nitrogens is 2. The number of rotatable bonds is 6. The van der Waals surface area contributed by atoms with E-state index >= 15 is 0 Å². The van der Waals surface area contributed by atoms with Crippen LogP contribution in [-0.4, -0.2) is 28.3 Å². The van der Waals surface area contributed by atoms with Crippen LogP contribution in [0.4, 0.5) is 13.2 Å². The lowest BCUT2D eigenvalue weighted by Gasteiger charge is -2.18. The highest BCUT2D eigenvalue weighted by atomic mass is 19.4. The number of aryl methyl sites for hydroxylation is 1. The van der Waals surface area contributed by atoms with Crippen LogP contribution in [0, 0.1) is 0 Å². The smallest absolute Gasteiger partial charge is 0.419 e. The molecular weight excluding hydrogens is 323 g/mol. The first-order chi connectivity index (χ1) is 11.3. The molecule has 0 bridgehead atoms. The molecule has 0 unspecified atom stereocenters. The highest BCUT2D eigenvalue weighted by molar-refractivity contribution is 5.80. The minimum atomic E-state index is -4.53. The maximum absolute atomic E-state index is 12.9. The lowest BCUT2D eigenvalue weighted by Crippen LogP contribution is -2.37. The molecular formula is C16H18F3N3O2. The second kappa shape index (κ2) is 7.37. The van der Waals surface area contributed by atoms with Crippen LogP contribution in [0.3, 0.4) is 0 Å². The number of nitrogens with zero attached hydrogens (tertiary/aromatic N) is 2. The van der Waals surface area contributed by atoms with Crippen molar-refractivity contribution in [3.8, 4) is 5.75 Å². The first-order valence-electron chi connectivity index (χ1n) is 7.35. The van der Waals surface area contributed by atoms with Crippen LogP contribution in [-0.2, 0) is 24.4 Å². The van der Waals surface area contributed by atoms with Crippen molar-refractivity contribution in [2.75, 3.05) is 6.54 Å². The molecule has 2 aromatic rings. The van der Waals surface area contributed by atoms with Gasteiger partial charge in [0.05, 0.1) is 11.8 Å². The summed E-state index contributed by atoms with van der Waals surface area (Å²) in [6, 6.07) is 4.82. The molecule has 0 aliphatic heterocycles. The summed E-state index contributed by atoms with van der Waals surface area (Å²) >= 11 is 0. The predicted octanol–water partition coefficient (Wildman–Crippen LogP) is 2.57. The van der Waals surface area contributed by atoms with Crippen LogP contribution >= 0.6 is 0 Å². The Morgan fingerprint density at radius 2 is 2.08 bits per heavy atom. The minimum absolute atomic E-state index is 0.346. The van der Waals surface area contributed by atoms with Crippen molar-refractivity contribution < 1.29 is 22.7 Å². The molecule has 1 N–H and O–H groups in total. The zero-order valence-electron chi connectivity index (χ0n) is 13.3. The number of carbonyl (C=O) groups is 1. The van der Waals surface area contributed by atoms with Gasteiger partial charge in [0.15, 0.2) is 6.10 Å². The highest BCUT2D eigenvalue weighted by Gasteiger charge is 2.34. The molecule has 1 amide bonds. The van der Waals surface area contributed by atoms with Gasteiger partial charge in [0.1, 0.15) is 5.75 Å². The van der Waals surface area contributed by atoms with Gasteiger partial charge in [0.25, 0.3) is 5.91 Å². The second-order valence-corrected chi connectivity index (χ2v) is 5.32. The monoisotopic (exact) mass is 341 g/mol. The molecule has 1 heterocycles. The minimum Gasteiger partial charge on any atom is -0.480 e. The molecule has 0 fully saturated rings. The molecule has 2 rings (SSSR count). The van der Waals surface area contributed by atoms with Crippen molar-refractivity contribution in [1.29, 1.82) is 0 Å². The lowest BCUT2D eigenvalue weighted by atomic mass is 10.2. The third-order valence-corrected chi connectivity index (χ3v) is 3.34. The molecule has 1 aromatic heterocycles. The molecule has 0 aliphatic rings. The SMILES string of the molecule is C[C@@H](Oc1ccccc1C(F)(F)F)C(=O)NCCc1cnn(C)c1. The summed E-state index contributed by atoms with van der Waals surface area (Å²) in [7, 11) is 1.79.